The number of morpholine rings is 1. The molecule has 11 nitrogen and oxygen atoms in total. The minimum Gasteiger partial charge on any atom is -0.431 e. The van der Waals surface area contributed by atoms with Crippen molar-refractivity contribution in [2.24, 2.45) is 57.2 Å². The van der Waals surface area contributed by atoms with Gasteiger partial charge in [-0.15, -0.1) is 0 Å². The molecule has 8 fully saturated rings. The van der Waals surface area contributed by atoms with Crippen molar-refractivity contribution in [2.45, 2.75) is 129 Å². The Kier molecular flexibility index (Phi) is 8.74. The molecule has 0 N–H and O–H groups in total. The Morgan fingerprint density at radius 2 is 1.72 bits per heavy atom. The first kappa shape index (κ1) is 35.9. The predicted octanol–water partition coefficient (Wildman–Crippen LogP) is 7.93. The monoisotopic (exact) mass is 734 g/mol. The summed E-state index contributed by atoms with van der Waals surface area (Å²) < 4.78 is 30.5. The average Bonchev–Trinajstić information content (AvgIpc) is 4.02. The van der Waals surface area contributed by atoms with Gasteiger partial charge in [-0.25, -0.2) is 4.79 Å². The minimum atomic E-state index is -0.821. The largest absolute Gasteiger partial charge is 0.513 e. The highest BCUT2D eigenvalue weighted by Crippen LogP contribution is 2.89. The number of benzene rings is 1. The van der Waals surface area contributed by atoms with Gasteiger partial charge in [0.05, 0.1) is 36.4 Å². The van der Waals surface area contributed by atoms with E-state index in [1.165, 1.54) is 69.2 Å². The normalized spacial score (nSPS) is 43.6. The highest BCUT2D eigenvalue weighted by Gasteiger charge is 2.84. The Labute approximate surface area is 313 Å². The average molecular weight is 735 g/mol. The molecule has 0 radical (unpaired) electrons. The molecule has 1 aromatic rings. The lowest BCUT2D eigenvalue weighted by Crippen LogP contribution is -2.56. The second-order valence-corrected chi connectivity index (χ2v) is 19.1. The van der Waals surface area contributed by atoms with Gasteiger partial charge in [-0.05, 0) is 140 Å². The Hall–Kier alpha value is -2.76. The summed E-state index contributed by atoms with van der Waals surface area (Å²) >= 11 is 0. The Balaban J connectivity index is 0.829. The molecular formula is C42H58N2O9. The summed E-state index contributed by atoms with van der Waals surface area (Å²) in [6.07, 6.45) is 12.5. The molecule has 2 spiro atoms. The number of non-ortho nitro benzene ring substituents is 1. The third-order valence-corrected chi connectivity index (χ3v) is 16.8. The van der Waals surface area contributed by atoms with Crippen LogP contribution in [0.15, 0.2) is 24.3 Å². The van der Waals surface area contributed by atoms with Crippen LogP contribution >= 0.6 is 0 Å². The van der Waals surface area contributed by atoms with Crippen LogP contribution in [0.3, 0.4) is 0 Å². The first-order valence-corrected chi connectivity index (χ1v) is 20.7. The number of fused-ring (bicyclic) bond motifs is 4. The first-order chi connectivity index (χ1) is 25.4. The number of ether oxygens (including phenoxy) is 5. The van der Waals surface area contributed by atoms with Crippen molar-refractivity contribution in [2.75, 3.05) is 26.3 Å². The van der Waals surface area contributed by atoms with Crippen molar-refractivity contribution in [3.63, 3.8) is 0 Å². The Morgan fingerprint density at radius 3 is 2.47 bits per heavy atom. The Morgan fingerprint density at radius 1 is 0.943 bits per heavy atom. The van der Waals surface area contributed by atoms with Gasteiger partial charge in [0.2, 0.25) is 5.91 Å². The summed E-state index contributed by atoms with van der Waals surface area (Å²) in [6, 6.07) is 5.40. The SMILES string of the molecule is C[C@@H]1C23CC[C@H](OC4CN(C(=O)CC5CC5)CCO4)C(C)(C)C2CC[C@H]2C4C[C@H]5O[C@@H](COC(=O)Oc6ccc([N+](=O)[O-])cc6)CCC5[C@@]4(C)CC[C@]123. The zero-order valence-electron chi connectivity index (χ0n) is 32.0. The Bertz CT molecular complexity index is 1610. The van der Waals surface area contributed by atoms with E-state index in [1.54, 1.807) is 0 Å². The zero-order chi connectivity index (χ0) is 36.9. The van der Waals surface area contributed by atoms with Crippen LogP contribution in [0.4, 0.5) is 10.5 Å². The number of amides is 1. The van der Waals surface area contributed by atoms with Gasteiger partial charge in [0.15, 0.2) is 6.29 Å². The summed E-state index contributed by atoms with van der Waals surface area (Å²) in [7, 11) is 0. The van der Waals surface area contributed by atoms with E-state index in [2.05, 4.69) is 27.7 Å². The molecule has 9 rings (SSSR count). The molecule has 290 valence electrons. The molecule has 2 saturated heterocycles. The molecule has 12 atom stereocenters. The number of nitro benzene ring substituents is 1. The molecule has 6 saturated carbocycles. The predicted molar refractivity (Wildman–Crippen MR) is 194 cm³/mol. The molecule has 6 aliphatic carbocycles. The van der Waals surface area contributed by atoms with Crippen LogP contribution < -0.4 is 4.74 Å². The number of rotatable bonds is 8. The van der Waals surface area contributed by atoms with Crippen molar-refractivity contribution >= 4 is 17.7 Å². The zero-order valence-corrected chi connectivity index (χ0v) is 32.0. The molecule has 2 heterocycles. The summed E-state index contributed by atoms with van der Waals surface area (Å²) in [5, 5.41) is 10.9. The molecule has 11 heteroatoms. The van der Waals surface area contributed by atoms with Gasteiger partial charge in [-0.3, -0.25) is 14.9 Å². The molecule has 2 aliphatic heterocycles. The number of hydrogen-bond acceptors (Lipinski definition) is 9. The van der Waals surface area contributed by atoms with Gasteiger partial charge < -0.3 is 28.6 Å². The van der Waals surface area contributed by atoms with E-state index >= 15 is 0 Å². The van der Waals surface area contributed by atoms with E-state index in [4.69, 9.17) is 23.7 Å². The molecular weight excluding hydrogens is 676 g/mol. The second kappa shape index (κ2) is 12.9. The van der Waals surface area contributed by atoms with Crippen LogP contribution in [-0.2, 0) is 23.7 Å². The van der Waals surface area contributed by atoms with Gasteiger partial charge in [0, 0.05) is 25.1 Å². The van der Waals surface area contributed by atoms with E-state index in [1.807, 2.05) is 4.90 Å². The van der Waals surface area contributed by atoms with Gasteiger partial charge in [0.25, 0.3) is 5.69 Å². The van der Waals surface area contributed by atoms with E-state index in [0.29, 0.717) is 72.5 Å². The number of carbonyl (C=O) groups is 2. The van der Waals surface area contributed by atoms with Crippen LogP contribution in [0.25, 0.3) is 0 Å². The fourth-order valence-electron chi connectivity index (χ4n) is 14.1. The lowest BCUT2D eigenvalue weighted by molar-refractivity contribution is -0.384. The molecule has 0 bridgehead atoms. The third kappa shape index (κ3) is 5.67. The van der Waals surface area contributed by atoms with Gasteiger partial charge in [0.1, 0.15) is 12.4 Å². The maximum atomic E-state index is 12.9. The lowest BCUT2D eigenvalue weighted by Gasteiger charge is -2.59. The van der Waals surface area contributed by atoms with Crippen LogP contribution in [0.2, 0.25) is 0 Å². The van der Waals surface area contributed by atoms with Crippen molar-refractivity contribution < 1.29 is 38.2 Å². The minimum absolute atomic E-state index is 0.0327. The molecule has 53 heavy (non-hydrogen) atoms. The van der Waals surface area contributed by atoms with E-state index in [9.17, 15) is 19.7 Å². The molecule has 0 aromatic heterocycles. The highest BCUT2D eigenvalue weighted by atomic mass is 16.7. The molecule has 5 unspecified atom stereocenters. The third-order valence-electron chi connectivity index (χ3n) is 16.8. The highest BCUT2D eigenvalue weighted by molar-refractivity contribution is 5.76. The van der Waals surface area contributed by atoms with Crippen molar-refractivity contribution in [3.05, 3.63) is 34.4 Å². The van der Waals surface area contributed by atoms with Crippen LogP contribution in [0.1, 0.15) is 105 Å². The van der Waals surface area contributed by atoms with Crippen molar-refractivity contribution in [1.29, 1.82) is 0 Å². The van der Waals surface area contributed by atoms with E-state index in [0.717, 1.165) is 25.7 Å². The number of carbonyl (C=O) groups excluding carboxylic acids is 2. The van der Waals surface area contributed by atoms with Crippen molar-refractivity contribution in [1.82, 2.24) is 4.90 Å². The van der Waals surface area contributed by atoms with E-state index < -0.39 is 11.1 Å². The lowest BCUT2D eigenvalue weighted by atomic mass is 9.46. The van der Waals surface area contributed by atoms with Crippen LogP contribution in [0.5, 0.6) is 5.75 Å². The van der Waals surface area contributed by atoms with E-state index in [-0.39, 0.29) is 59.4 Å². The number of nitrogens with zero attached hydrogens (tertiary/aromatic N) is 2. The van der Waals surface area contributed by atoms with Crippen LogP contribution in [0, 0.1) is 67.3 Å². The summed E-state index contributed by atoms with van der Waals surface area (Å²) in [6.45, 7) is 12.0. The van der Waals surface area contributed by atoms with Crippen molar-refractivity contribution in [3.8, 4) is 5.75 Å². The summed E-state index contributed by atoms with van der Waals surface area (Å²) in [5.41, 5.74) is 1.01. The number of nitro groups is 1. The van der Waals surface area contributed by atoms with Crippen LogP contribution in [-0.4, -0.2) is 72.8 Å². The molecule has 8 aliphatic rings. The molecule has 1 amide bonds. The van der Waals surface area contributed by atoms with Gasteiger partial charge in [-0.1, -0.05) is 27.7 Å². The quantitative estimate of drug-likeness (QED) is 0.113. The first-order valence-electron chi connectivity index (χ1n) is 20.7. The molecule has 1 aromatic carbocycles. The standard InChI is InChI=1S/C42H58N2O9/c1-25-41-18-17-40(4)31-12-11-29(24-50-38(46)52-28-9-7-27(8-10-28)44(47)48)51-33(31)22-32(40)30(41)13-14-34-39(2,3)35(15-16-42(25,34)41)53-37-23-43(19-20-49-37)36(45)21-26-5-6-26/h7-10,25-26,29-35,37H,5-6,11-24H2,1-4H3/t25-,29+,30-,31?,32?,33+,34?,35-,37?,40+,41-,42?/m0/s1. The maximum Gasteiger partial charge on any atom is 0.513 e. The van der Waals surface area contributed by atoms with Gasteiger partial charge >= 0.3 is 6.16 Å². The van der Waals surface area contributed by atoms with Gasteiger partial charge in [-0.2, -0.15) is 0 Å². The number of hydrogen-bond donors (Lipinski definition) is 0. The second-order valence-electron chi connectivity index (χ2n) is 19.1. The fourth-order valence-corrected chi connectivity index (χ4v) is 14.1. The fraction of sp³-hybridized carbons (Fsp3) is 0.810. The summed E-state index contributed by atoms with van der Waals surface area (Å²) in [4.78, 5) is 37.8. The topological polar surface area (TPSA) is 127 Å². The summed E-state index contributed by atoms with van der Waals surface area (Å²) in [5.74, 6) is 4.29. The maximum absolute atomic E-state index is 12.9. The smallest absolute Gasteiger partial charge is 0.431 e.